The molecule has 0 aromatic heterocycles. The minimum absolute atomic E-state index is 0. The van der Waals surface area contributed by atoms with Gasteiger partial charge in [-0.25, -0.2) is 0 Å². The van der Waals surface area contributed by atoms with Gasteiger partial charge in [-0.1, -0.05) is 137 Å². The van der Waals surface area contributed by atoms with Gasteiger partial charge in [0.2, 0.25) is 32.9 Å². The minimum Gasteiger partial charge on any atom is -0.493 e. The molecule has 0 saturated carbocycles. The van der Waals surface area contributed by atoms with Crippen molar-refractivity contribution in [2.24, 2.45) is 0 Å². The Morgan fingerprint density at radius 3 is 1.30 bits per heavy atom. The predicted molar refractivity (Wildman–Crippen MR) is 283 cm³/mol. The van der Waals surface area contributed by atoms with Crippen LogP contribution in [-0.4, -0.2) is 47.5 Å². The Balaban J connectivity index is 0.000000424. The number of ether oxygens (including phenoxy) is 11. The highest BCUT2D eigenvalue weighted by atomic mass is 16.7. The maximum Gasteiger partial charge on any atom is 0.231 e. The van der Waals surface area contributed by atoms with Crippen molar-refractivity contribution in [1.29, 1.82) is 0 Å². The third-order valence-corrected chi connectivity index (χ3v) is 11.0. The number of hydrogen-bond donors (Lipinski definition) is 0. The van der Waals surface area contributed by atoms with Gasteiger partial charge in [-0.15, -0.1) is 0 Å². The molecule has 384 valence electrons. The van der Waals surface area contributed by atoms with Crippen molar-refractivity contribution in [3.05, 3.63) is 112 Å². The molecule has 11 nitrogen and oxygen atoms in total. The van der Waals surface area contributed by atoms with Crippen LogP contribution in [0.2, 0.25) is 0 Å². The molecule has 0 fully saturated rings. The second kappa shape index (κ2) is 28.4. The summed E-state index contributed by atoms with van der Waals surface area (Å²) >= 11 is 0. The van der Waals surface area contributed by atoms with Gasteiger partial charge in [0.15, 0.2) is 57.5 Å². The second-order valence-corrected chi connectivity index (χ2v) is 17.4. The van der Waals surface area contributed by atoms with E-state index in [0.29, 0.717) is 63.2 Å². The number of methoxy groups -OCH3 is 1. The van der Waals surface area contributed by atoms with Crippen molar-refractivity contribution in [3.63, 3.8) is 0 Å². The molecular weight excluding hydrogens is 873 g/mol. The fraction of sp³-hybridized carbons (Fsp3) is 0.483. The Kier molecular flexibility index (Phi) is 25.1. The van der Waals surface area contributed by atoms with Gasteiger partial charge in [-0.3, -0.25) is 0 Å². The molecule has 5 heterocycles. The molecule has 0 atom stereocenters. The largest absolute Gasteiger partial charge is 0.493 e. The van der Waals surface area contributed by atoms with E-state index in [-0.39, 0.29) is 43.9 Å². The van der Waals surface area contributed by atoms with Crippen LogP contribution in [0.4, 0.5) is 0 Å². The summed E-state index contributed by atoms with van der Waals surface area (Å²) in [7, 11) is 1.64. The van der Waals surface area contributed by atoms with Gasteiger partial charge in [0, 0.05) is 5.56 Å². The lowest BCUT2D eigenvalue weighted by Crippen LogP contribution is -2.15. The molecule has 0 amide bonds. The van der Waals surface area contributed by atoms with E-state index in [4.69, 9.17) is 52.1 Å². The molecule has 0 N–H and O–H groups in total. The summed E-state index contributed by atoms with van der Waals surface area (Å²) in [5, 5.41) is 0. The second-order valence-electron chi connectivity index (χ2n) is 17.4. The van der Waals surface area contributed by atoms with E-state index in [2.05, 4.69) is 113 Å². The van der Waals surface area contributed by atoms with Crippen molar-refractivity contribution in [2.75, 3.05) is 47.5 Å². The normalized spacial score (nSPS) is 12.9. The summed E-state index contributed by atoms with van der Waals surface area (Å²) in [5.74, 6) is 11.9. The molecular formula is C58H86O11. The summed E-state index contributed by atoms with van der Waals surface area (Å²) in [6.07, 6.45) is 0. The molecule has 0 spiro atoms. The van der Waals surface area contributed by atoms with Crippen molar-refractivity contribution >= 4 is 0 Å². The van der Waals surface area contributed by atoms with E-state index in [1.54, 1.807) is 7.11 Å². The lowest BCUT2D eigenvalue weighted by molar-refractivity contribution is 0.171. The molecule has 0 saturated heterocycles. The van der Waals surface area contributed by atoms with E-state index in [0.717, 1.165) is 63.2 Å². The predicted octanol–water partition coefficient (Wildman–Crippen LogP) is 16.2. The average Bonchev–Trinajstić information content (AvgIpc) is 4.14. The number of rotatable bonds is 6. The summed E-state index contributed by atoms with van der Waals surface area (Å²) in [6.45, 7) is 26.3. The number of hydrogen-bond acceptors (Lipinski definition) is 11. The monoisotopic (exact) mass is 959 g/mol. The van der Waals surface area contributed by atoms with Gasteiger partial charge in [-0.05, 0) is 113 Å². The zero-order chi connectivity index (χ0) is 45.9. The van der Waals surface area contributed by atoms with E-state index in [9.17, 15) is 0 Å². The summed E-state index contributed by atoms with van der Waals surface area (Å²) in [5.41, 5.74) is 7.49. The summed E-state index contributed by atoms with van der Waals surface area (Å²) in [6, 6.07) is 26.5. The Morgan fingerprint density at radius 2 is 0.768 bits per heavy atom. The summed E-state index contributed by atoms with van der Waals surface area (Å²) in [4.78, 5) is 0. The van der Waals surface area contributed by atoms with Gasteiger partial charge < -0.3 is 52.1 Å². The third kappa shape index (κ3) is 15.7. The smallest absolute Gasteiger partial charge is 0.231 e. The van der Waals surface area contributed by atoms with E-state index >= 15 is 0 Å². The van der Waals surface area contributed by atoms with Crippen LogP contribution in [0, 0.1) is 6.92 Å². The molecule has 0 unspecified atom stereocenters. The molecule has 5 aromatic carbocycles. The molecule has 11 heteroatoms. The first kappa shape index (κ1) is 60.9. The Hall–Kier alpha value is -6.10. The number of aryl methyl sites for hydroxylation is 1. The lowest BCUT2D eigenvalue weighted by Gasteiger charge is -2.19. The maximum atomic E-state index is 5.49. The fourth-order valence-electron chi connectivity index (χ4n) is 7.13. The molecule has 0 aliphatic carbocycles. The van der Waals surface area contributed by atoms with Crippen LogP contribution in [0.1, 0.15) is 169 Å². The number of benzene rings is 5. The van der Waals surface area contributed by atoms with Crippen LogP contribution >= 0.6 is 0 Å². The van der Waals surface area contributed by atoms with Gasteiger partial charge in [0.1, 0.15) is 13.2 Å². The molecule has 5 aliphatic heterocycles. The van der Waals surface area contributed by atoms with Crippen molar-refractivity contribution < 1.29 is 52.1 Å². The van der Waals surface area contributed by atoms with Crippen LogP contribution in [-0.2, 0) is 0 Å². The highest BCUT2D eigenvalue weighted by Crippen LogP contribution is 2.44. The van der Waals surface area contributed by atoms with Crippen LogP contribution in [0.25, 0.3) is 0 Å². The summed E-state index contributed by atoms with van der Waals surface area (Å²) < 4.78 is 58.6. The number of para-hydroxylation sites is 1. The Bertz CT molecular complexity index is 2310. The van der Waals surface area contributed by atoms with Gasteiger partial charge >= 0.3 is 0 Å². The quantitative estimate of drug-likeness (QED) is 0.163. The Morgan fingerprint density at radius 1 is 0.362 bits per heavy atom. The lowest BCUT2D eigenvalue weighted by atomic mass is 10.0. The first-order chi connectivity index (χ1) is 30.7. The molecule has 5 aromatic rings. The van der Waals surface area contributed by atoms with E-state index < -0.39 is 0 Å². The topological polar surface area (TPSA) is 102 Å². The van der Waals surface area contributed by atoms with Crippen LogP contribution in [0.5, 0.6) is 63.2 Å². The highest BCUT2D eigenvalue weighted by Gasteiger charge is 2.22. The molecule has 10 rings (SSSR count). The Labute approximate surface area is 416 Å². The van der Waals surface area contributed by atoms with E-state index in [1.165, 1.54) is 33.4 Å². The number of fused-ring (bicyclic) bond motifs is 5. The zero-order valence-corrected chi connectivity index (χ0v) is 39.6. The van der Waals surface area contributed by atoms with Crippen LogP contribution < -0.4 is 52.1 Å². The van der Waals surface area contributed by atoms with Crippen LogP contribution in [0.3, 0.4) is 0 Å². The minimum atomic E-state index is 0. The van der Waals surface area contributed by atoms with Gasteiger partial charge in [0.05, 0.1) is 7.11 Å². The molecule has 69 heavy (non-hydrogen) atoms. The molecule has 0 bridgehead atoms. The maximum absolute atomic E-state index is 5.49. The average molecular weight is 959 g/mol. The van der Waals surface area contributed by atoms with Gasteiger partial charge in [0.25, 0.3) is 0 Å². The highest BCUT2D eigenvalue weighted by molar-refractivity contribution is 5.56. The van der Waals surface area contributed by atoms with Gasteiger partial charge in [-0.2, -0.15) is 0 Å². The van der Waals surface area contributed by atoms with Crippen molar-refractivity contribution in [1.82, 2.24) is 0 Å². The van der Waals surface area contributed by atoms with E-state index in [1.807, 2.05) is 42.5 Å². The first-order valence-corrected chi connectivity index (χ1v) is 22.3. The fourth-order valence-corrected chi connectivity index (χ4v) is 7.13. The molecule has 0 radical (unpaired) electrons. The molecule has 5 aliphatic rings. The first-order valence-electron chi connectivity index (χ1n) is 22.3. The standard InChI is InChI=1S/C11H14O3.2C11H14O2.2C10H12O2.5CH4/c1-7(2)8-4-9(12-3)11-10(5-8)13-6-14-11;1-7(2)9-4-8(3)11-10(5-9)12-6-13-11;1-8(2)9-3-4-10-11(7-9)13-6-5-12-10;1-7(2)8-3-4-9-10(5-8)12-6-11-9;1-7(2)8-4-3-5-9-10(8)12-6-11-9;;;;;/h4-5,7H,6H2,1-3H3;4-5,7H,6H2,1-3H3;3-4,7-8H,5-6H2,1-2H3;2*3-5,7H,6H2,1-2H3;5*1H4. The van der Waals surface area contributed by atoms with Crippen LogP contribution in [0.15, 0.2) is 78.9 Å². The third-order valence-electron chi connectivity index (χ3n) is 11.0. The van der Waals surface area contributed by atoms with Crippen molar-refractivity contribution in [2.45, 2.75) is 143 Å². The zero-order valence-electron chi connectivity index (χ0n) is 39.6. The van der Waals surface area contributed by atoms with Crippen molar-refractivity contribution in [3.8, 4) is 63.2 Å². The SMILES string of the molecule is C.C.C.C.C.CC(C)c1ccc2c(c1)OCCO2.CC(C)c1ccc2c(c1)OCO2.CC(C)c1cccc2c1OCO2.COc1cc(C(C)C)cc2c1OCO2.Cc1cc(C(C)C)cc2c1OCO2.